The maximum atomic E-state index is 7.25. The van der Waals surface area contributed by atoms with Crippen LogP contribution in [0.3, 0.4) is 0 Å². The first-order valence-electron chi connectivity index (χ1n) is 5.53. The van der Waals surface area contributed by atoms with E-state index in [1.165, 1.54) is 5.56 Å². The summed E-state index contributed by atoms with van der Waals surface area (Å²) in [6.45, 7) is 5.98. The van der Waals surface area contributed by atoms with E-state index < -0.39 is 0 Å². The second-order valence-corrected chi connectivity index (χ2v) is 4.36. The molecular formula is C11H21N5. The quantitative estimate of drug-likeness (QED) is 0.557. The van der Waals surface area contributed by atoms with Gasteiger partial charge in [-0.1, -0.05) is 0 Å². The van der Waals surface area contributed by atoms with Crippen LogP contribution < -0.4 is 5.73 Å². The van der Waals surface area contributed by atoms with Gasteiger partial charge < -0.3 is 5.73 Å². The predicted octanol–water partition coefficient (Wildman–Crippen LogP) is 0.957. The Bertz CT molecular complexity index is 342. The van der Waals surface area contributed by atoms with Gasteiger partial charge in [-0.15, -0.1) is 0 Å². The van der Waals surface area contributed by atoms with E-state index in [2.05, 4.69) is 23.8 Å². The summed E-state index contributed by atoms with van der Waals surface area (Å²) in [5, 5.41) is 11.4. The molecule has 5 heteroatoms. The molecule has 0 unspecified atom stereocenters. The van der Waals surface area contributed by atoms with Crippen molar-refractivity contribution in [3.8, 4) is 0 Å². The molecule has 0 radical (unpaired) electrons. The molecule has 0 fully saturated rings. The van der Waals surface area contributed by atoms with E-state index in [9.17, 15) is 0 Å². The van der Waals surface area contributed by atoms with E-state index in [0.717, 1.165) is 13.1 Å². The lowest BCUT2D eigenvalue weighted by Gasteiger charge is -2.25. The number of aromatic nitrogens is 2. The number of nitrogens with two attached hydrogens (primary N) is 1. The molecule has 1 aromatic heterocycles. The van der Waals surface area contributed by atoms with Gasteiger partial charge in [-0.25, -0.2) is 0 Å². The lowest BCUT2D eigenvalue weighted by Crippen LogP contribution is -2.33. The molecule has 1 aromatic rings. The van der Waals surface area contributed by atoms with Crippen LogP contribution in [-0.4, -0.2) is 33.1 Å². The second-order valence-electron chi connectivity index (χ2n) is 4.36. The summed E-state index contributed by atoms with van der Waals surface area (Å²) in [6, 6.07) is 0.444. The van der Waals surface area contributed by atoms with E-state index in [0.29, 0.717) is 12.5 Å². The Labute approximate surface area is 96.7 Å². The van der Waals surface area contributed by atoms with E-state index in [4.69, 9.17) is 11.1 Å². The molecule has 0 bridgehead atoms. The molecule has 1 heterocycles. The number of nitrogens with one attached hydrogen (secondary N) is 1. The van der Waals surface area contributed by atoms with Crippen molar-refractivity contribution in [3.05, 3.63) is 18.0 Å². The van der Waals surface area contributed by atoms with Gasteiger partial charge in [0.25, 0.3) is 0 Å². The minimum Gasteiger partial charge on any atom is -0.388 e. The molecule has 90 valence electrons. The minimum absolute atomic E-state index is 0.247. The highest BCUT2D eigenvalue weighted by Crippen LogP contribution is 2.07. The number of hydrogen-bond acceptors (Lipinski definition) is 3. The van der Waals surface area contributed by atoms with Crippen LogP contribution >= 0.6 is 0 Å². The smallest absolute Gasteiger partial charge is 0.0918 e. The number of nitrogens with zero attached hydrogens (tertiary/aromatic N) is 3. The maximum Gasteiger partial charge on any atom is 0.0918 e. The van der Waals surface area contributed by atoms with Crippen LogP contribution in [0.5, 0.6) is 0 Å². The average molecular weight is 223 g/mol. The molecule has 3 N–H and O–H groups in total. The molecule has 0 aromatic carbocycles. The fraction of sp³-hybridized carbons (Fsp3) is 0.636. The predicted molar refractivity (Wildman–Crippen MR) is 65.3 cm³/mol. The lowest BCUT2D eigenvalue weighted by atomic mass is 10.2. The van der Waals surface area contributed by atoms with Gasteiger partial charge >= 0.3 is 0 Å². The summed E-state index contributed by atoms with van der Waals surface area (Å²) in [5.74, 6) is 0.247. The van der Waals surface area contributed by atoms with Gasteiger partial charge in [-0.05, 0) is 13.8 Å². The minimum atomic E-state index is 0.247. The van der Waals surface area contributed by atoms with Gasteiger partial charge in [-0.3, -0.25) is 15.0 Å². The van der Waals surface area contributed by atoms with Crippen molar-refractivity contribution in [2.75, 3.05) is 6.54 Å². The first-order valence-corrected chi connectivity index (χ1v) is 5.53. The first-order chi connectivity index (χ1) is 7.49. The molecule has 1 rings (SSSR count). The second kappa shape index (κ2) is 5.65. The van der Waals surface area contributed by atoms with Crippen LogP contribution in [0.2, 0.25) is 0 Å². The molecule has 0 aliphatic heterocycles. The van der Waals surface area contributed by atoms with Crippen LogP contribution in [0.4, 0.5) is 0 Å². The summed E-state index contributed by atoms with van der Waals surface area (Å²) >= 11 is 0. The largest absolute Gasteiger partial charge is 0.388 e. The van der Waals surface area contributed by atoms with Gasteiger partial charge in [0.05, 0.1) is 12.0 Å². The normalized spacial score (nSPS) is 11.3. The average Bonchev–Trinajstić information content (AvgIpc) is 2.57. The highest BCUT2D eigenvalue weighted by atomic mass is 15.2. The van der Waals surface area contributed by atoms with Crippen molar-refractivity contribution in [1.82, 2.24) is 14.7 Å². The summed E-state index contributed by atoms with van der Waals surface area (Å²) in [7, 11) is 1.92. The van der Waals surface area contributed by atoms with Crippen molar-refractivity contribution in [2.24, 2.45) is 12.8 Å². The molecular weight excluding hydrogens is 202 g/mol. The number of aryl methyl sites for hydroxylation is 1. The number of rotatable bonds is 6. The summed E-state index contributed by atoms with van der Waals surface area (Å²) in [6.07, 6.45) is 4.52. The monoisotopic (exact) mass is 223 g/mol. The third kappa shape index (κ3) is 4.02. The molecule has 0 saturated carbocycles. The molecule has 0 atom stereocenters. The fourth-order valence-electron chi connectivity index (χ4n) is 1.57. The zero-order valence-corrected chi connectivity index (χ0v) is 10.3. The van der Waals surface area contributed by atoms with E-state index in [1.54, 1.807) is 4.68 Å². The van der Waals surface area contributed by atoms with Crippen LogP contribution in [-0.2, 0) is 13.6 Å². The summed E-state index contributed by atoms with van der Waals surface area (Å²) in [4.78, 5) is 2.29. The Hall–Kier alpha value is -1.36. The zero-order valence-electron chi connectivity index (χ0n) is 10.3. The molecule has 16 heavy (non-hydrogen) atoms. The van der Waals surface area contributed by atoms with Crippen LogP contribution in [0, 0.1) is 5.41 Å². The molecule has 0 aliphatic rings. The van der Waals surface area contributed by atoms with Crippen molar-refractivity contribution >= 4 is 5.84 Å². The number of hydrogen-bond donors (Lipinski definition) is 2. The van der Waals surface area contributed by atoms with E-state index >= 15 is 0 Å². The Balaban J connectivity index is 2.54. The molecule has 5 nitrogen and oxygen atoms in total. The van der Waals surface area contributed by atoms with Gasteiger partial charge in [0.1, 0.15) is 0 Å². The molecule has 0 saturated heterocycles. The molecule has 0 aliphatic carbocycles. The topological polar surface area (TPSA) is 70.9 Å². The van der Waals surface area contributed by atoms with Gasteiger partial charge in [0, 0.05) is 44.4 Å². The van der Waals surface area contributed by atoms with Crippen LogP contribution in [0.1, 0.15) is 25.8 Å². The summed E-state index contributed by atoms with van der Waals surface area (Å²) < 4.78 is 1.80. The Morgan fingerprint density at radius 2 is 2.31 bits per heavy atom. The van der Waals surface area contributed by atoms with Gasteiger partial charge in [0.15, 0.2) is 0 Å². The maximum absolute atomic E-state index is 7.25. The molecule has 0 amide bonds. The van der Waals surface area contributed by atoms with Crippen molar-refractivity contribution < 1.29 is 0 Å². The Kier molecular flexibility index (Phi) is 4.49. The zero-order chi connectivity index (χ0) is 12.1. The fourth-order valence-corrected chi connectivity index (χ4v) is 1.57. The number of amidine groups is 1. The molecule has 0 spiro atoms. The highest BCUT2D eigenvalue weighted by molar-refractivity contribution is 5.76. The Morgan fingerprint density at radius 3 is 2.75 bits per heavy atom. The van der Waals surface area contributed by atoms with Crippen molar-refractivity contribution in [2.45, 2.75) is 32.9 Å². The van der Waals surface area contributed by atoms with Crippen molar-refractivity contribution in [3.63, 3.8) is 0 Å². The highest BCUT2D eigenvalue weighted by Gasteiger charge is 2.11. The van der Waals surface area contributed by atoms with E-state index in [-0.39, 0.29) is 5.84 Å². The third-order valence-corrected chi connectivity index (χ3v) is 2.54. The van der Waals surface area contributed by atoms with Gasteiger partial charge in [-0.2, -0.15) is 5.10 Å². The Morgan fingerprint density at radius 1 is 1.62 bits per heavy atom. The van der Waals surface area contributed by atoms with E-state index in [1.807, 2.05) is 19.4 Å². The SMILES string of the molecule is CC(C)N(CCC(=N)N)Cc1cnn(C)c1. The third-order valence-electron chi connectivity index (χ3n) is 2.54. The first kappa shape index (κ1) is 12.7. The van der Waals surface area contributed by atoms with Gasteiger partial charge in [0.2, 0.25) is 0 Å². The lowest BCUT2D eigenvalue weighted by molar-refractivity contribution is 0.219. The van der Waals surface area contributed by atoms with Crippen LogP contribution in [0.15, 0.2) is 12.4 Å². The summed E-state index contributed by atoms with van der Waals surface area (Å²) in [5.41, 5.74) is 6.57. The standard InChI is InChI=1S/C11H21N5/c1-9(2)16(5-4-11(12)13)8-10-6-14-15(3)7-10/h6-7,9H,4-5,8H2,1-3H3,(H3,12,13). The van der Waals surface area contributed by atoms with Crippen molar-refractivity contribution in [1.29, 1.82) is 5.41 Å². The van der Waals surface area contributed by atoms with Crippen LogP contribution in [0.25, 0.3) is 0 Å².